The zero-order valence-electron chi connectivity index (χ0n) is 18.2. The predicted molar refractivity (Wildman–Crippen MR) is 140 cm³/mol. The fourth-order valence-electron chi connectivity index (χ4n) is 3.40. The van der Waals surface area contributed by atoms with Crippen molar-refractivity contribution in [2.24, 2.45) is 0 Å². The van der Waals surface area contributed by atoms with E-state index < -0.39 is 5.91 Å². The van der Waals surface area contributed by atoms with Crippen LogP contribution >= 0.6 is 27.5 Å². The van der Waals surface area contributed by atoms with E-state index in [0.29, 0.717) is 22.3 Å². The molecule has 5 rings (SSSR count). The summed E-state index contributed by atoms with van der Waals surface area (Å²) in [5, 5.41) is 7.91. The average Bonchev–Trinajstić information content (AvgIpc) is 3.32. The maximum atomic E-state index is 13.0. The second-order valence-electron chi connectivity index (χ2n) is 7.55. The summed E-state index contributed by atoms with van der Waals surface area (Å²) in [6.07, 6.45) is 0. The van der Waals surface area contributed by atoms with Crippen LogP contribution in [0.5, 0.6) is 11.5 Å². The van der Waals surface area contributed by atoms with Crippen LogP contribution in [-0.4, -0.2) is 20.7 Å². The number of ether oxygens (including phenoxy) is 1. The molecular weight excluding hydrogens is 528 g/mol. The van der Waals surface area contributed by atoms with Gasteiger partial charge >= 0.3 is 0 Å². The normalized spacial score (nSPS) is 10.7. The molecule has 1 amide bonds. The smallest absolute Gasteiger partial charge is 0.295 e. The van der Waals surface area contributed by atoms with Gasteiger partial charge in [0.05, 0.1) is 5.69 Å². The molecule has 8 heteroatoms. The van der Waals surface area contributed by atoms with Crippen molar-refractivity contribution >= 4 is 39.1 Å². The van der Waals surface area contributed by atoms with Gasteiger partial charge in [0.2, 0.25) is 5.82 Å². The number of para-hydroxylation sites is 1. The van der Waals surface area contributed by atoms with E-state index in [9.17, 15) is 4.79 Å². The minimum Gasteiger partial charge on any atom is -0.457 e. The molecule has 0 saturated carbocycles. The van der Waals surface area contributed by atoms with E-state index in [1.54, 1.807) is 41.1 Å². The van der Waals surface area contributed by atoms with Crippen molar-refractivity contribution < 1.29 is 9.53 Å². The first kappa shape index (κ1) is 22.8. The van der Waals surface area contributed by atoms with Gasteiger partial charge in [-0.3, -0.25) is 4.79 Å². The molecule has 0 saturated heterocycles. The third-order valence-corrected chi connectivity index (χ3v) is 5.82. The molecule has 1 heterocycles. The largest absolute Gasteiger partial charge is 0.457 e. The molecule has 5 aromatic rings. The highest BCUT2D eigenvalue weighted by molar-refractivity contribution is 9.10. The van der Waals surface area contributed by atoms with Crippen LogP contribution in [0.1, 0.15) is 10.6 Å². The molecule has 0 atom stereocenters. The number of aromatic nitrogens is 3. The fourth-order valence-corrected chi connectivity index (χ4v) is 3.86. The van der Waals surface area contributed by atoms with Crippen molar-refractivity contribution in [1.29, 1.82) is 0 Å². The number of rotatable bonds is 6. The number of nitrogens with one attached hydrogen (secondary N) is 1. The molecular formula is C27H18BrClN4O2. The van der Waals surface area contributed by atoms with Crippen LogP contribution in [0.2, 0.25) is 5.02 Å². The number of hydrogen-bond acceptors (Lipinski definition) is 4. The summed E-state index contributed by atoms with van der Waals surface area (Å²) in [6.45, 7) is 0. The summed E-state index contributed by atoms with van der Waals surface area (Å²) in [6, 6.07) is 31.4. The zero-order chi connectivity index (χ0) is 24.2. The van der Waals surface area contributed by atoms with Crippen LogP contribution in [0, 0.1) is 0 Å². The fraction of sp³-hybridized carbons (Fsp3) is 0. The first-order valence-electron chi connectivity index (χ1n) is 10.7. The van der Waals surface area contributed by atoms with E-state index in [1.165, 1.54) is 0 Å². The van der Waals surface area contributed by atoms with Crippen LogP contribution in [0.25, 0.3) is 17.1 Å². The molecule has 1 aromatic heterocycles. The van der Waals surface area contributed by atoms with E-state index in [1.807, 2.05) is 66.7 Å². The van der Waals surface area contributed by atoms with Crippen LogP contribution in [0.4, 0.5) is 5.69 Å². The zero-order valence-corrected chi connectivity index (χ0v) is 20.6. The third-order valence-electron chi connectivity index (χ3n) is 5.06. The highest BCUT2D eigenvalue weighted by atomic mass is 79.9. The van der Waals surface area contributed by atoms with Gasteiger partial charge in [-0.25, -0.2) is 9.67 Å². The Morgan fingerprint density at radius 2 is 1.57 bits per heavy atom. The second-order valence-corrected chi connectivity index (χ2v) is 8.90. The summed E-state index contributed by atoms with van der Waals surface area (Å²) in [7, 11) is 0. The topological polar surface area (TPSA) is 69.0 Å². The second kappa shape index (κ2) is 10.1. The quantitative estimate of drug-likeness (QED) is 0.241. The Morgan fingerprint density at radius 3 is 2.29 bits per heavy atom. The maximum Gasteiger partial charge on any atom is 0.295 e. The molecule has 35 heavy (non-hydrogen) atoms. The van der Waals surface area contributed by atoms with Crippen molar-refractivity contribution in [2.75, 3.05) is 5.32 Å². The van der Waals surface area contributed by atoms with E-state index >= 15 is 0 Å². The van der Waals surface area contributed by atoms with Crippen molar-refractivity contribution in [3.05, 3.63) is 118 Å². The molecule has 0 unspecified atom stereocenters. The molecule has 4 aromatic carbocycles. The summed E-state index contributed by atoms with van der Waals surface area (Å²) in [5.74, 6) is 1.51. The lowest BCUT2D eigenvalue weighted by molar-refractivity contribution is 0.101. The van der Waals surface area contributed by atoms with Crippen molar-refractivity contribution in [3.63, 3.8) is 0 Å². The Hall–Kier alpha value is -3.94. The lowest BCUT2D eigenvalue weighted by Crippen LogP contribution is -2.14. The van der Waals surface area contributed by atoms with Crippen LogP contribution in [0.3, 0.4) is 0 Å². The number of amides is 1. The number of carbonyl (C=O) groups excluding carboxylic acids is 1. The lowest BCUT2D eigenvalue weighted by Gasteiger charge is -2.07. The molecule has 172 valence electrons. The summed E-state index contributed by atoms with van der Waals surface area (Å²) in [4.78, 5) is 17.6. The predicted octanol–water partition coefficient (Wildman–Crippen LogP) is 7.39. The Bertz CT molecular complexity index is 1470. The Balaban J connectivity index is 1.40. The van der Waals surface area contributed by atoms with Gasteiger partial charge in [-0.1, -0.05) is 57.9 Å². The summed E-state index contributed by atoms with van der Waals surface area (Å²) in [5.41, 5.74) is 2.10. The Labute approximate surface area is 215 Å². The number of hydrogen-bond donors (Lipinski definition) is 1. The van der Waals surface area contributed by atoms with Gasteiger partial charge < -0.3 is 10.1 Å². The molecule has 0 aliphatic carbocycles. The van der Waals surface area contributed by atoms with Gasteiger partial charge in [-0.2, -0.15) is 0 Å². The number of benzene rings is 4. The van der Waals surface area contributed by atoms with Gasteiger partial charge in [0.1, 0.15) is 11.5 Å². The maximum absolute atomic E-state index is 13.0. The highest BCUT2D eigenvalue weighted by Crippen LogP contribution is 2.26. The molecule has 6 nitrogen and oxygen atoms in total. The highest BCUT2D eigenvalue weighted by Gasteiger charge is 2.19. The van der Waals surface area contributed by atoms with Gasteiger partial charge in [-0.05, 0) is 72.8 Å². The molecule has 0 spiro atoms. The molecule has 0 aliphatic heterocycles. The molecule has 0 fully saturated rings. The van der Waals surface area contributed by atoms with Gasteiger partial charge in [-0.15, -0.1) is 5.10 Å². The van der Waals surface area contributed by atoms with Gasteiger partial charge in [0.25, 0.3) is 5.91 Å². The number of anilines is 1. The number of carbonyl (C=O) groups is 1. The van der Waals surface area contributed by atoms with Crippen LogP contribution < -0.4 is 10.1 Å². The van der Waals surface area contributed by atoms with Crippen LogP contribution in [0.15, 0.2) is 108 Å². The minimum absolute atomic E-state index is 0.0347. The Morgan fingerprint density at radius 1 is 0.857 bits per heavy atom. The Kier molecular flexibility index (Phi) is 6.61. The number of nitrogens with zero attached hydrogens (tertiary/aromatic N) is 3. The average molecular weight is 546 g/mol. The number of halogens is 2. The van der Waals surface area contributed by atoms with Crippen molar-refractivity contribution in [1.82, 2.24) is 14.8 Å². The van der Waals surface area contributed by atoms with Crippen molar-refractivity contribution in [3.8, 4) is 28.6 Å². The van der Waals surface area contributed by atoms with Crippen LogP contribution in [-0.2, 0) is 0 Å². The molecule has 1 N–H and O–H groups in total. The third kappa shape index (κ3) is 5.42. The van der Waals surface area contributed by atoms with E-state index in [0.717, 1.165) is 21.5 Å². The standard InChI is InChI=1S/C27H18BrClN4O2/c28-19-9-13-22(14-10-19)33-26(18-5-4-6-20(29)17-18)31-25(32-33)27(34)30-21-11-15-24(16-12-21)35-23-7-2-1-3-8-23/h1-17H,(H,30,34). The molecule has 0 radical (unpaired) electrons. The summed E-state index contributed by atoms with van der Waals surface area (Å²) >= 11 is 9.65. The molecule has 0 aliphatic rings. The van der Waals surface area contributed by atoms with E-state index in [-0.39, 0.29) is 5.82 Å². The lowest BCUT2D eigenvalue weighted by atomic mass is 10.2. The molecule has 0 bridgehead atoms. The van der Waals surface area contributed by atoms with E-state index in [4.69, 9.17) is 16.3 Å². The summed E-state index contributed by atoms with van der Waals surface area (Å²) < 4.78 is 8.37. The minimum atomic E-state index is -0.430. The SMILES string of the molecule is O=C(Nc1ccc(Oc2ccccc2)cc1)c1nc(-c2cccc(Cl)c2)n(-c2ccc(Br)cc2)n1. The van der Waals surface area contributed by atoms with E-state index in [2.05, 4.69) is 31.3 Å². The van der Waals surface area contributed by atoms with Crippen molar-refractivity contribution in [2.45, 2.75) is 0 Å². The monoisotopic (exact) mass is 544 g/mol. The first-order valence-corrected chi connectivity index (χ1v) is 11.9. The first-order chi connectivity index (χ1) is 17.0. The van der Waals surface area contributed by atoms with Gasteiger partial charge in [0.15, 0.2) is 5.82 Å². The van der Waals surface area contributed by atoms with Gasteiger partial charge in [0, 0.05) is 20.7 Å².